The Morgan fingerprint density at radius 3 is 2.12 bits per heavy atom. The number of primary amides is 1. The predicted octanol–water partition coefficient (Wildman–Crippen LogP) is -3.43. The van der Waals surface area contributed by atoms with Crippen LogP contribution in [0.5, 0.6) is 0 Å². The SMILES string of the molecule is CC(=O)[O-].NC(=O)NC1NC(=O)NC1=O.[Ag+]. The van der Waals surface area contributed by atoms with Crippen LogP contribution in [-0.2, 0) is 32.0 Å². The molecule has 0 aliphatic carbocycles. The van der Waals surface area contributed by atoms with Gasteiger partial charge in [0.1, 0.15) is 0 Å². The van der Waals surface area contributed by atoms with Gasteiger partial charge < -0.3 is 26.3 Å². The summed E-state index contributed by atoms with van der Waals surface area (Å²) in [5.41, 5.74) is 4.70. The van der Waals surface area contributed by atoms with E-state index in [1.54, 1.807) is 0 Å². The summed E-state index contributed by atoms with van der Waals surface area (Å²) < 4.78 is 0. The molecule has 0 spiro atoms. The zero-order chi connectivity index (χ0) is 12.0. The first-order valence-corrected chi connectivity index (χ1v) is 3.68. The number of aliphatic carboxylic acids is 1. The summed E-state index contributed by atoms with van der Waals surface area (Å²) in [5.74, 6) is -1.70. The zero-order valence-corrected chi connectivity index (χ0v) is 9.48. The largest absolute Gasteiger partial charge is 1.00 e. The van der Waals surface area contributed by atoms with Crippen LogP contribution < -0.4 is 26.8 Å². The van der Waals surface area contributed by atoms with Gasteiger partial charge in [0.15, 0.2) is 6.17 Å². The molecule has 0 saturated carbocycles. The molecular weight excluding hydrogens is 316 g/mol. The van der Waals surface area contributed by atoms with E-state index in [9.17, 15) is 14.4 Å². The van der Waals surface area contributed by atoms with Gasteiger partial charge in [0.25, 0.3) is 5.91 Å². The Balaban J connectivity index is 0. The minimum Gasteiger partial charge on any atom is -0.550 e. The molecule has 0 radical (unpaired) electrons. The molecule has 5 N–H and O–H groups in total. The third kappa shape index (κ3) is 7.79. The van der Waals surface area contributed by atoms with E-state index in [2.05, 4.69) is 5.32 Å². The van der Waals surface area contributed by atoms with Gasteiger partial charge in [-0.2, -0.15) is 0 Å². The first-order chi connectivity index (χ1) is 6.82. The fraction of sp³-hybridized carbons (Fsp3) is 0.333. The third-order valence-electron chi connectivity index (χ3n) is 1.06. The van der Waals surface area contributed by atoms with Crippen LogP contribution in [0.15, 0.2) is 0 Å². The van der Waals surface area contributed by atoms with E-state index in [0.717, 1.165) is 6.92 Å². The van der Waals surface area contributed by atoms with Crippen molar-refractivity contribution in [2.24, 2.45) is 5.73 Å². The van der Waals surface area contributed by atoms with Crippen LogP contribution in [0.3, 0.4) is 0 Å². The molecule has 10 heteroatoms. The summed E-state index contributed by atoms with van der Waals surface area (Å²) in [6.45, 7) is 0.972. The number of carbonyl (C=O) groups is 4. The van der Waals surface area contributed by atoms with Crippen molar-refractivity contribution in [1.29, 1.82) is 0 Å². The molecule has 0 bridgehead atoms. The zero-order valence-electron chi connectivity index (χ0n) is 8.00. The molecule has 0 aromatic carbocycles. The number of amides is 5. The maximum atomic E-state index is 10.7. The average molecular weight is 325 g/mol. The van der Waals surface area contributed by atoms with Gasteiger partial charge in [-0.3, -0.25) is 10.1 Å². The maximum absolute atomic E-state index is 10.7. The molecule has 1 rings (SSSR count). The van der Waals surface area contributed by atoms with Gasteiger partial charge in [-0.1, -0.05) is 0 Å². The average Bonchev–Trinajstić information content (AvgIpc) is 2.27. The van der Waals surface area contributed by atoms with Crippen molar-refractivity contribution in [2.45, 2.75) is 13.1 Å². The summed E-state index contributed by atoms with van der Waals surface area (Å²) in [7, 11) is 0. The van der Waals surface area contributed by atoms with Crippen LogP contribution in [0.4, 0.5) is 9.59 Å². The maximum Gasteiger partial charge on any atom is 1.00 e. The van der Waals surface area contributed by atoms with Crippen molar-refractivity contribution in [3.63, 3.8) is 0 Å². The number of imide groups is 1. The molecule has 9 nitrogen and oxygen atoms in total. The molecular formula is C6H9AgN4O5. The second-order valence-corrected chi connectivity index (χ2v) is 2.40. The Morgan fingerprint density at radius 2 is 1.88 bits per heavy atom. The molecule has 0 aromatic heterocycles. The fourth-order valence-corrected chi connectivity index (χ4v) is 0.661. The summed E-state index contributed by atoms with van der Waals surface area (Å²) >= 11 is 0. The molecule has 0 aromatic rings. The minimum atomic E-state index is -1.08. The molecule has 1 aliphatic rings. The van der Waals surface area contributed by atoms with E-state index in [1.807, 2.05) is 10.6 Å². The van der Waals surface area contributed by atoms with Crippen LogP contribution >= 0.6 is 0 Å². The van der Waals surface area contributed by atoms with E-state index in [4.69, 9.17) is 15.6 Å². The number of nitrogens with two attached hydrogens (primary N) is 1. The number of rotatable bonds is 1. The molecule has 1 fully saturated rings. The van der Waals surface area contributed by atoms with Gasteiger partial charge in [0.2, 0.25) is 0 Å². The number of carbonyl (C=O) groups excluding carboxylic acids is 4. The van der Waals surface area contributed by atoms with E-state index in [0.29, 0.717) is 0 Å². The van der Waals surface area contributed by atoms with Gasteiger partial charge >= 0.3 is 34.4 Å². The van der Waals surface area contributed by atoms with Crippen molar-refractivity contribution in [3.05, 3.63) is 0 Å². The van der Waals surface area contributed by atoms with Gasteiger partial charge in [0, 0.05) is 5.97 Å². The van der Waals surface area contributed by atoms with Crippen molar-refractivity contribution in [1.82, 2.24) is 16.0 Å². The summed E-state index contributed by atoms with van der Waals surface area (Å²) in [6.07, 6.45) is -1.04. The van der Waals surface area contributed by atoms with E-state index in [1.165, 1.54) is 0 Å². The smallest absolute Gasteiger partial charge is 0.550 e. The van der Waals surface area contributed by atoms with Gasteiger partial charge in [0.05, 0.1) is 0 Å². The molecule has 16 heavy (non-hydrogen) atoms. The number of carboxylic acids is 1. The number of nitrogens with one attached hydrogen (secondary N) is 3. The number of carboxylic acid groups (broad SMARTS) is 1. The number of hydrogen-bond acceptors (Lipinski definition) is 5. The van der Waals surface area contributed by atoms with Crippen LogP contribution in [0.1, 0.15) is 6.92 Å². The first-order valence-electron chi connectivity index (χ1n) is 3.68. The van der Waals surface area contributed by atoms with Crippen molar-refractivity contribution < 1.29 is 46.7 Å². The molecule has 1 saturated heterocycles. The predicted molar refractivity (Wildman–Crippen MR) is 43.9 cm³/mol. The van der Waals surface area contributed by atoms with Crippen LogP contribution in [0.25, 0.3) is 0 Å². The second-order valence-electron chi connectivity index (χ2n) is 2.40. The first kappa shape index (κ1) is 16.8. The van der Waals surface area contributed by atoms with Crippen molar-refractivity contribution in [2.75, 3.05) is 0 Å². The van der Waals surface area contributed by atoms with Gasteiger partial charge in [-0.25, -0.2) is 9.59 Å². The Bertz CT molecular complexity index is 303. The van der Waals surface area contributed by atoms with Crippen LogP contribution in [0.2, 0.25) is 0 Å². The molecule has 1 atom stereocenters. The number of hydrogen-bond donors (Lipinski definition) is 4. The van der Waals surface area contributed by atoms with Gasteiger partial charge in [-0.15, -0.1) is 0 Å². The summed E-state index contributed by atoms with van der Waals surface area (Å²) in [6, 6.07) is -1.51. The quantitative estimate of drug-likeness (QED) is 0.292. The summed E-state index contributed by atoms with van der Waals surface area (Å²) in [4.78, 5) is 40.1. The molecule has 1 aliphatic heterocycles. The molecule has 5 amide bonds. The molecule has 1 heterocycles. The summed E-state index contributed by atoms with van der Waals surface area (Å²) in [5, 5.41) is 14.9. The second kappa shape index (κ2) is 7.68. The molecule has 94 valence electrons. The van der Waals surface area contributed by atoms with E-state index in [-0.39, 0.29) is 22.4 Å². The standard InChI is InChI=1S/C4H6N4O3.C2H4O2.Ag/c5-3(10)6-1-2(9)8-4(11)7-1;1-2(3)4;/h1H,(H3,5,6,10)(H2,7,8,9,11);1H3,(H,3,4);/q;;+1/p-1. The topological polar surface area (TPSA) is 153 Å². The van der Waals surface area contributed by atoms with E-state index >= 15 is 0 Å². The monoisotopic (exact) mass is 324 g/mol. The van der Waals surface area contributed by atoms with Crippen molar-refractivity contribution in [3.8, 4) is 0 Å². The Morgan fingerprint density at radius 1 is 1.44 bits per heavy atom. The minimum absolute atomic E-state index is 0. The fourth-order valence-electron chi connectivity index (χ4n) is 0.661. The van der Waals surface area contributed by atoms with Crippen LogP contribution in [0, 0.1) is 0 Å². The van der Waals surface area contributed by atoms with Crippen molar-refractivity contribution >= 4 is 23.9 Å². The van der Waals surface area contributed by atoms with Crippen LogP contribution in [-0.4, -0.2) is 30.1 Å². The van der Waals surface area contributed by atoms with E-state index < -0.39 is 30.1 Å². The molecule has 1 unspecified atom stereocenters. The normalized spacial score (nSPS) is 16.9. The Kier molecular flexibility index (Phi) is 8.08. The van der Waals surface area contributed by atoms with Gasteiger partial charge in [-0.05, 0) is 6.92 Å². The number of urea groups is 2. The Labute approximate surface area is 106 Å². The Hall–Kier alpha value is -1.58. The third-order valence-corrected chi connectivity index (χ3v) is 1.06.